The molecule has 2 nitrogen and oxygen atoms in total. The van der Waals surface area contributed by atoms with Gasteiger partial charge in [0.15, 0.2) is 0 Å². The van der Waals surface area contributed by atoms with Gasteiger partial charge in [-0.05, 0) is 24.6 Å². The second kappa shape index (κ2) is 5.52. The zero-order chi connectivity index (χ0) is 12.3. The number of methoxy groups -OCH3 is 1. The predicted molar refractivity (Wildman–Crippen MR) is 73.1 cm³/mol. The molecule has 0 bridgehead atoms. The molecule has 0 saturated carbocycles. The van der Waals surface area contributed by atoms with Crippen LogP contribution < -0.4 is 4.74 Å². The smallest absolute Gasteiger partial charge is 0.125 e. The molecule has 4 heteroatoms. The summed E-state index contributed by atoms with van der Waals surface area (Å²) in [5.41, 5.74) is 2.07. The molecule has 90 valence electrons. The van der Waals surface area contributed by atoms with Crippen molar-refractivity contribution in [1.82, 2.24) is 4.98 Å². The van der Waals surface area contributed by atoms with Crippen molar-refractivity contribution in [3.8, 4) is 16.3 Å². The third kappa shape index (κ3) is 2.79. The van der Waals surface area contributed by atoms with E-state index in [0.717, 1.165) is 34.9 Å². The van der Waals surface area contributed by atoms with Crippen LogP contribution in [0.2, 0.25) is 5.02 Å². The molecule has 0 amide bonds. The Balaban J connectivity index is 2.37. The first-order chi connectivity index (χ1) is 8.24. The standard InChI is InChI=1S/C13H14ClNOS/c1-3-4-9-8-17-13(15-9)11-7-10(16-2)5-6-12(11)14/h5-8H,3-4H2,1-2H3. The van der Waals surface area contributed by atoms with Crippen molar-refractivity contribution >= 4 is 22.9 Å². The minimum absolute atomic E-state index is 0.711. The van der Waals surface area contributed by atoms with Crippen LogP contribution in [0.15, 0.2) is 23.6 Å². The Bertz CT molecular complexity index is 510. The number of hydrogen-bond donors (Lipinski definition) is 0. The Kier molecular flexibility index (Phi) is 4.02. The number of aryl methyl sites for hydroxylation is 1. The monoisotopic (exact) mass is 267 g/mol. The minimum Gasteiger partial charge on any atom is -0.497 e. The second-order valence-electron chi connectivity index (χ2n) is 3.74. The highest BCUT2D eigenvalue weighted by Gasteiger charge is 2.09. The summed E-state index contributed by atoms with van der Waals surface area (Å²) in [5.74, 6) is 0.802. The molecular formula is C13H14ClNOS. The molecule has 0 spiro atoms. The second-order valence-corrected chi connectivity index (χ2v) is 5.01. The van der Waals surface area contributed by atoms with Gasteiger partial charge in [0.2, 0.25) is 0 Å². The summed E-state index contributed by atoms with van der Waals surface area (Å²) in [4.78, 5) is 4.58. The highest BCUT2D eigenvalue weighted by atomic mass is 35.5. The number of hydrogen-bond acceptors (Lipinski definition) is 3. The van der Waals surface area contributed by atoms with Crippen LogP contribution in [0.3, 0.4) is 0 Å². The molecule has 0 fully saturated rings. The molecule has 2 aromatic rings. The minimum atomic E-state index is 0.711. The van der Waals surface area contributed by atoms with Gasteiger partial charge in [0.1, 0.15) is 10.8 Å². The summed E-state index contributed by atoms with van der Waals surface area (Å²) in [5, 5.41) is 3.76. The Labute approximate surface area is 110 Å². The summed E-state index contributed by atoms with van der Waals surface area (Å²) in [7, 11) is 1.65. The number of benzene rings is 1. The molecule has 0 N–H and O–H groups in total. The van der Waals surface area contributed by atoms with Gasteiger partial charge < -0.3 is 4.74 Å². The summed E-state index contributed by atoms with van der Waals surface area (Å²) in [6.07, 6.45) is 2.12. The van der Waals surface area contributed by atoms with Crippen molar-refractivity contribution in [2.75, 3.05) is 7.11 Å². The van der Waals surface area contributed by atoms with Gasteiger partial charge in [-0.25, -0.2) is 4.98 Å². The quantitative estimate of drug-likeness (QED) is 0.818. The lowest BCUT2D eigenvalue weighted by molar-refractivity contribution is 0.415. The van der Waals surface area contributed by atoms with Crippen LogP contribution in [-0.2, 0) is 6.42 Å². The van der Waals surface area contributed by atoms with Gasteiger partial charge in [-0.2, -0.15) is 0 Å². The average Bonchev–Trinajstić information content (AvgIpc) is 2.79. The molecular weight excluding hydrogens is 254 g/mol. The van der Waals surface area contributed by atoms with Crippen LogP contribution in [0.4, 0.5) is 0 Å². The third-order valence-corrected chi connectivity index (χ3v) is 3.72. The number of ether oxygens (including phenoxy) is 1. The highest BCUT2D eigenvalue weighted by molar-refractivity contribution is 7.13. The Morgan fingerprint density at radius 1 is 1.41 bits per heavy atom. The molecule has 0 atom stereocenters. The normalized spacial score (nSPS) is 10.5. The molecule has 0 radical (unpaired) electrons. The lowest BCUT2D eigenvalue weighted by Gasteiger charge is -2.04. The first kappa shape index (κ1) is 12.4. The van der Waals surface area contributed by atoms with Crippen molar-refractivity contribution < 1.29 is 4.74 Å². The topological polar surface area (TPSA) is 22.1 Å². The maximum Gasteiger partial charge on any atom is 0.125 e. The third-order valence-electron chi connectivity index (χ3n) is 2.46. The zero-order valence-corrected chi connectivity index (χ0v) is 11.4. The molecule has 1 aromatic heterocycles. The van der Waals surface area contributed by atoms with E-state index in [1.54, 1.807) is 18.4 Å². The van der Waals surface area contributed by atoms with E-state index in [0.29, 0.717) is 5.02 Å². The fourth-order valence-corrected chi connectivity index (χ4v) is 2.74. The first-order valence-electron chi connectivity index (χ1n) is 5.53. The maximum atomic E-state index is 6.19. The largest absolute Gasteiger partial charge is 0.497 e. The van der Waals surface area contributed by atoms with E-state index in [9.17, 15) is 0 Å². The van der Waals surface area contributed by atoms with Crippen molar-refractivity contribution in [2.24, 2.45) is 0 Å². The molecule has 1 heterocycles. The lowest BCUT2D eigenvalue weighted by Crippen LogP contribution is -1.86. The van der Waals surface area contributed by atoms with Gasteiger partial charge in [0.25, 0.3) is 0 Å². The number of aromatic nitrogens is 1. The highest BCUT2D eigenvalue weighted by Crippen LogP contribution is 2.33. The zero-order valence-electron chi connectivity index (χ0n) is 9.87. The molecule has 1 aromatic carbocycles. The summed E-state index contributed by atoms with van der Waals surface area (Å²) < 4.78 is 5.20. The Morgan fingerprint density at radius 3 is 2.94 bits per heavy atom. The van der Waals surface area contributed by atoms with Crippen molar-refractivity contribution in [3.05, 3.63) is 34.3 Å². The first-order valence-corrected chi connectivity index (χ1v) is 6.78. The van der Waals surface area contributed by atoms with Gasteiger partial charge in [-0.3, -0.25) is 0 Å². The molecule has 2 rings (SSSR count). The maximum absolute atomic E-state index is 6.19. The van der Waals surface area contributed by atoms with Crippen molar-refractivity contribution in [3.63, 3.8) is 0 Å². The van der Waals surface area contributed by atoms with E-state index in [1.807, 2.05) is 18.2 Å². The van der Waals surface area contributed by atoms with E-state index < -0.39 is 0 Å². The molecule has 0 aliphatic carbocycles. The van der Waals surface area contributed by atoms with Gasteiger partial charge in [-0.15, -0.1) is 11.3 Å². The Hall–Kier alpha value is -1.06. The number of halogens is 1. The summed E-state index contributed by atoms with van der Waals surface area (Å²) in [6, 6.07) is 5.62. The van der Waals surface area contributed by atoms with Crippen LogP contribution in [0, 0.1) is 0 Å². The number of rotatable bonds is 4. The fraction of sp³-hybridized carbons (Fsp3) is 0.308. The van der Waals surface area contributed by atoms with Gasteiger partial charge in [0, 0.05) is 10.9 Å². The van der Waals surface area contributed by atoms with Gasteiger partial charge in [0.05, 0.1) is 17.8 Å². The fourth-order valence-electron chi connectivity index (χ4n) is 1.60. The van der Waals surface area contributed by atoms with Crippen LogP contribution in [-0.4, -0.2) is 12.1 Å². The lowest BCUT2D eigenvalue weighted by atomic mass is 10.2. The van der Waals surface area contributed by atoms with E-state index >= 15 is 0 Å². The van der Waals surface area contributed by atoms with E-state index in [2.05, 4.69) is 17.3 Å². The number of nitrogens with zero attached hydrogens (tertiary/aromatic N) is 1. The van der Waals surface area contributed by atoms with E-state index in [-0.39, 0.29) is 0 Å². The number of thiazole rings is 1. The molecule has 0 saturated heterocycles. The molecule has 0 aliphatic heterocycles. The van der Waals surface area contributed by atoms with Gasteiger partial charge >= 0.3 is 0 Å². The van der Waals surface area contributed by atoms with Crippen LogP contribution in [0.5, 0.6) is 5.75 Å². The molecule has 0 unspecified atom stereocenters. The van der Waals surface area contributed by atoms with E-state index in [4.69, 9.17) is 16.3 Å². The van der Waals surface area contributed by atoms with Gasteiger partial charge in [-0.1, -0.05) is 24.9 Å². The van der Waals surface area contributed by atoms with Crippen molar-refractivity contribution in [1.29, 1.82) is 0 Å². The van der Waals surface area contributed by atoms with Crippen LogP contribution in [0.25, 0.3) is 10.6 Å². The van der Waals surface area contributed by atoms with Crippen LogP contribution >= 0.6 is 22.9 Å². The molecule has 0 aliphatic rings. The predicted octanol–water partition coefficient (Wildman–Crippen LogP) is 4.42. The molecule has 17 heavy (non-hydrogen) atoms. The Morgan fingerprint density at radius 2 is 2.24 bits per heavy atom. The summed E-state index contributed by atoms with van der Waals surface area (Å²) in [6.45, 7) is 2.15. The summed E-state index contributed by atoms with van der Waals surface area (Å²) >= 11 is 7.81. The van der Waals surface area contributed by atoms with Crippen LogP contribution in [0.1, 0.15) is 19.0 Å². The SMILES string of the molecule is CCCc1csc(-c2cc(OC)ccc2Cl)n1. The van der Waals surface area contributed by atoms with E-state index in [1.165, 1.54) is 0 Å². The average molecular weight is 268 g/mol. The van der Waals surface area contributed by atoms with Crippen molar-refractivity contribution in [2.45, 2.75) is 19.8 Å².